The van der Waals surface area contributed by atoms with Crippen LogP contribution in [0.1, 0.15) is 338 Å². The van der Waals surface area contributed by atoms with E-state index in [1.807, 2.05) is 204 Å². The van der Waals surface area contributed by atoms with E-state index in [0.29, 0.717) is 117 Å². The topological polar surface area (TPSA) is 293 Å². The summed E-state index contributed by atoms with van der Waals surface area (Å²) in [6.07, 6.45) is 33.3. The van der Waals surface area contributed by atoms with Gasteiger partial charge < -0.3 is 21.9 Å². The number of Topliss-reactive ketones (excluding diaryl/α,β-unsaturated/α-hetero) is 5. The number of benzene rings is 4. The molecule has 0 aliphatic heterocycles. The van der Waals surface area contributed by atoms with E-state index in [-0.39, 0.29) is 57.4 Å². The van der Waals surface area contributed by atoms with E-state index in [2.05, 4.69) is 239 Å². The zero-order valence-electron chi connectivity index (χ0n) is 87.9. The van der Waals surface area contributed by atoms with Crippen LogP contribution in [0.4, 0.5) is 0 Å². The highest BCUT2D eigenvalue weighted by molar-refractivity contribution is 5.92. The minimum atomic E-state index is -0.421. The molecule has 0 saturated heterocycles. The number of pyridine rings is 8. The molecule has 0 saturated carbocycles. The van der Waals surface area contributed by atoms with Gasteiger partial charge in [-0.15, -0.1) is 0 Å². The van der Waals surface area contributed by atoms with Gasteiger partial charge in [-0.3, -0.25) is 68.6 Å². The lowest BCUT2D eigenvalue weighted by atomic mass is 9.87. The number of para-hydroxylation sites is 1. The van der Waals surface area contributed by atoms with Gasteiger partial charge in [-0.25, -0.2) is 0 Å². The highest BCUT2D eigenvalue weighted by atomic mass is 16.5. The molecule has 139 heavy (non-hydrogen) atoms. The number of aromatic nitrogens is 8. The number of hydrogen-bond acceptors (Lipinski definition) is 18. The molecular weight excluding hydrogens is 1720 g/mol. The number of ketones is 5. The summed E-state index contributed by atoms with van der Waals surface area (Å²) in [5.74, 6) is 4.05. The Morgan fingerprint density at radius 1 is 0.360 bits per heavy atom. The molecule has 0 amide bonds. The van der Waals surface area contributed by atoms with Gasteiger partial charge >= 0.3 is 5.97 Å². The van der Waals surface area contributed by atoms with Crippen LogP contribution in [0.5, 0.6) is 5.75 Å². The van der Waals surface area contributed by atoms with E-state index >= 15 is 0 Å². The molecule has 6 N–H and O–H groups in total. The summed E-state index contributed by atoms with van der Waals surface area (Å²) in [5, 5.41) is 0. The molecular formula is C121H161N11O7. The first-order valence-corrected chi connectivity index (χ1v) is 49.6. The summed E-state index contributed by atoms with van der Waals surface area (Å²) in [6.45, 7) is 51.0. The molecule has 8 aromatic heterocycles. The SMILES string of the molecule is CC(=O)c1ccc(C(C)(C)C)cn1.CC(C)(C)c1ccc(CN)nc1.CC(C)(C)c1cncc(CCC(=O)Oc2ccccc2)c1.CC(C)c1cncc(CCC(=O)CC(N)c2ccccc2)c1.CC(C)c1cncc(CCC(=O)[C@@H](C)C(C)C)c1.CC(C)c1cncc(CCC(=O)[C@@H](C)Cc2ccccc2)c1.CCc1ccc(C(C)C)cn1.Cc1cncc(CCC(=O)C(N)Cc2ccccc2)c1. The predicted molar refractivity (Wildman–Crippen MR) is 571 cm³/mol. The standard InChI is InChI=1S/C20H25NO.C19H24N2O.C18H21NO2.C17H20N2O.C16H25NO.C11H15NO.C10H16N2.C10H15N/c1-15(2)19-12-18(13-21-14-19)9-10-20(22)16(3)11-17-7-5-4-6-8-17;1-14(2)17-10-15(12-21-13-17)8-9-18(22)11-19(20)16-6-4-3-5-7-16;1-18(2,3)15-11-14(12-19-13-15)9-10-17(20)21-16-7-5-4-6-8-16;1-13-9-15(12-19-11-13)7-8-17(20)16(18)10-14-5-3-2-4-6-14;1-11(2)13(5)16(18)7-6-14-8-15(12(3)4)10-17-9-14;1-8(13)10-6-5-9(7-12-10)11(2,3)4;1-10(2,3)8-4-5-9(6-11)12-7-8;1-4-10-6-5-9(7-11-10)8(2)3/h4-8,12-16H,9-11H2,1-3H3;3-7,10,12-14,19H,8-9,11,20H2,1-2H3;4-8,11-13H,9-10H2,1-3H3;2-6,9,11-12,16H,7-8,10,18H2,1H3;8-13H,6-7H2,1-5H3;5-7H,1-4H3;4-5,7H,6,11H2,1-3H3;5-8H,4H2,1-3H3/t16-;;;;13-;;;/m0...0.../s1. The lowest BCUT2D eigenvalue weighted by molar-refractivity contribution is -0.134. The molecule has 0 aliphatic carbocycles. The van der Waals surface area contributed by atoms with Crippen molar-refractivity contribution in [1.29, 1.82) is 0 Å². The molecule has 12 aromatic rings. The Labute approximate surface area is 833 Å². The number of nitrogens with zero attached hydrogens (tertiary/aromatic N) is 8. The van der Waals surface area contributed by atoms with Crippen molar-refractivity contribution in [2.45, 2.75) is 315 Å². The van der Waals surface area contributed by atoms with Crippen LogP contribution in [0.25, 0.3) is 0 Å². The third-order valence-electron chi connectivity index (χ3n) is 23.9. The Morgan fingerprint density at radius 2 is 0.763 bits per heavy atom. The lowest BCUT2D eigenvalue weighted by Gasteiger charge is -2.19. The Kier molecular flexibility index (Phi) is 51.7. The van der Waals surface area contributed by atoms with Gasteiger partial charge in [-0.2, -0.15) is 0 Å². The molecule has 0 aliphatic rings. The molecule has 0 radical (unpaired) electrons. The number of nitrogens with two attached hydrogens (primary N) is 3. The Hall–Kier alpha value is -12.2. The number of hydrogen-bond donors (Lipinski definition) is 3. The van der Waals surface area contributed by atoms with Crippen LogP contribution >= 0.6 is 0 Å². The van der Waals surface area contributed by atoms with E-state index in [4.69, 9.17) is 21.9 Å². The van der Waals surface area contributed by atoms with Gasteiger partial charge in [0.2, 0.25) is 0 Å². The smallest absolute Gasteiger partial charge is 0.311 e. The van der Waals surface area contributed by atoms with E-state index in [1.165, 1.54) is 57.1 Å². The number of carbonyl (C=O) groups is 6. The van der Waals surface area contributed by atoms with Crippen LogP contribution in [0.3, 0.4) is 0 Å². The van der Waals surface area contributed by atoms with Crippen molar-refractivity contribution in [3.63, 3.8) is 0 Å². The summed E-state index contributed by atoms with van der Waals surface area (Å²) in [6, 6.07) is 61.1. The molecule has 12 rings (SSSR count). The molecule has 0 bridgehead atoms. The monoisotopic (exact) mass is 1880 g/mol. The van der Waals surface area contributed by atoms with Crippen LogP contribution in [0, 0.1) is 24.7 Å². The van der Waals surface area contributed by atoms with Crippen LogP contribution < -0.4 is 21.9 Å². The Bertz CT molecular complexity index is 5570. The summed E-state index contributed by atoms with van der Waals surface area (Å²) in [7, 11) is 0. The summed E-state index contributed by atoms with van der Waals surface area (Å²) in [5.41, 5.74) is 39.2. The number of aryl methyl sites for hydroxylation is 7. The van der Waals surface area contributed by atoms with Gasteiger partial charge in [-0.1, -0.05) is 310 Å². The third kappa shape index (κ3) is 46.9. The van der Waals surface area contributed by atoms with Gasteiger partial charge in [0.1, 0.15) is 34.6 Å². The number of rotatable bonds is 34. The van der Waals surface area contributed by atoms with Crippen molar-refractivity contribution in [3.05, 3.63) is 375 Å². The number of esters is 1. The first kappa shape index (κ1) is 117. The number of ether oxygens (including phenoxy) is 1. The molecule has 4 atom stereocenters. The minimum Gasteiger partial charge on any atom is -0.427 e. The highest BCUT2D eigenvalue weighted by Crippen LogP contribution is 2.28. The third-order valence-corrected chi connectivity index (χ3v) is 23.9. The van der Waals surface area contributed by atoms with Gasteiger partial charge in [0, 0.05) is 150 Å². The van der Waals surface area contributed by atoms with Gasteiger partial charge in [0.05, 0.1) is 18.2 Å². The average Bonchev–Trinajstić information content (AvgIpc) is 0.851. The second-order valence-corrected chi connectivity index (χ2v) is 40.7. The number of carbonyl (C=O) groups excluding carboxylic acids is 6. The van der Waals surface area contributed by atoms with E-state index in [0.717, 1.165) is 82.3 Å². The van der Waals surface area contributed by atoms with Crippen LogP contribution in [0.2, 0.25) is 0 Å². The maximum absolute atomic E-state index is 12.3. The zero-order valence-corrected chi connectivity index (χ0v) is 87.9. The molecule has 0 spiro atoms. The van der Waals surface area contributed by atoms with Crippen LogP contribution in [-0.2, 0) is 98.1 Å². The Morgan fingerprint density at radius 3 is 1.18 bits per heavy atom. The quantitative estimate of drug-likeness (QED) is 0.0192. The second kappa shape index (κ2) is 61.3. The summed E-state index contributed by atoms with van der Waals surface area (Å²) < 4.78 is 5.27. The first-order valence-electron chi connectivity index (χ1n) is 49.6. The largest absolute Gasteiger partial charge is 0.427 e. The zero-order chi connectivity index (χ0) is 103. The second-order valence-electron chi connectivity index (χ2n) is 40.7. The molecule has 742 valence electrons. The Balaban J connectivity index is 0.000000283. The van der Waals surface area contributed by atoms with Crippen molar-refractivity contribution < 1.29 is 33.5 Å². The van der Waals surface area contributed by atoms with E-state index in [9.17, 15) is 28.8 Å². The summed E-state index contributed by atoms with van der Waals surface area (Å²) in [4.78, 5) is 105. The fourth-order valence-corrected chi connectivity index (χ4v) is 14.0. The van der Waals surface area contributed by atoms with Crippen molar-refractivity contribution in [2.75, 3.05) is 0 Å². The highest BCUT2D eigenvalue weighted by Gasteiger charge is 2.22. The molecule has 4 aromatic carbocycles. The first-order chi connectivity index (χ1) is 65.8. The summed E-state index contributed by atoms with van der Waals surface area (Å²) >= 11 is 0. The maximum Gasteiger partial charge on any atom is 0.311 e. The molecule has 18 heteroatoms. The van der Waals surface area contributed by atoms with Gasteiger partial charge in [-0.05, 0) is 223 Å². The molecule has 2 unspecified atom stereocenters. The molecule has 8 heterocycles. The van der Waals surface area contributed by atoms with Crippen molar-refractivity contribution in [2.24, 2.45) is 35.0 Å². The van der Waals surface area contributed by atoms with Crippen molar-refractivity contribution in [3.8, 4) is 5.75 Å². The fraction of sp³-hybridized carbons (Fsp3) is 0.421. The van der Waals surface area contributed by atoms with Crippen LogP contribution in [-0.4, -0.2) is 80.8 Å². The fourth-order valence-electron chi connectivity index (χ4n) is 14.0. The van der Waals surface area contributed by atoms with Crippen molar-refractivity contribution >= 4 is 34.9 Å². The van der Waals surface area contributed by atoms with E-state index < -0.39 is 6.04 Å². The van der Waals surface area contributed by atoms with Crippen LogP contribution in [0.15, 0.2) is 269 Å². The lowest BCUT2D eigenvalue weighted by Crippen LogP contribution is -2.32. The minimum absolute atomic E-state index is 0.0143. The predicted octanol–water partition coefficient (Wildman–Crippen LogP) is 25.9. The normalized spacial score (nSPS) is 11.9. The molecule has 18 nitrogen and oxygen atoms in total. The van der Waals surface area contributed by atoms with E-state index in [1.54, 1.807) is 24.4 Å². The van der Waals surface area contributed by atoms with Gasteiger partial charge in [0.15, 0.2) is 5.78 Å². The van der Waals surface area contributed by atoms with Gasteiger partial charge in [0.25, 0.3) is 0 Å². The van der Waals surface area contributed by atoms with Crippen molar-refractivity contribution in [1.82, 2.24) is 39.9 Å². The molecule has 0 fully saturated rings. The maximum atomic E-state index is 12.3. The average molecular weight is 1880 g/mol.